The van der Waals surface area contributed by atoms with Crippen molar-refractivity contribution in [2.45, 2.75) is 18.2 Å². The van der Waals surface area contributed by atoms with E-state index in [4.69, 9.17) is 0 Å². The predicted molar refractivity (Wildman–Crippen MR) is 118 cm³/mol. The van der Waals surface area contributed by atoms with Gasteiger partial charge in [-0.2, -0.15) is 0 Å². The number of para-hydroxylation sites is 2. The number of hydrogen-bond donors (Lipinski definition) is 1. The number of anilines is 2. The Kier molecular flexibility index (Phi) is 5.68. The van der Waals surface area contributed by atoms with Crippen LogP contribution in [0.2, 0.25) is 0 Å². The molecule has 0 aliphatic carbocycles. The molecule has 1 heterocycles. The smallest absolute Gasteiger partial charge is 0.283 e. The quantitative estimate of drug-likeness (QED) is 0.546. The lowest BCUT2D eigenvalue weighted by Gasteiger charge is -2.16. The zero-order valence-electron chi connectivity index (χ0n) is 16.3. The summed E-state index contributed by atoms with van der Waals surface area (Å²) in [5, 5.41) is 3.15. The Hall–Kier alpha value is -3.38. The van der Waals surface area contributed by atoms with Gasteiger partial charge in [0.2, 0.25) is 0 Å². The molecular formula is C24H19FN2O2S. The van der Waals surface area contributed by atoms with Crippen molar-refractivity contribution in [1.29, 1.82) is 0 Å². The van der Waals surface area contributed by atoms with Crippen molar-refractivity contribution in [3.8, 4) is 0 Å². The van der Waals surface area contributed by atoms with E-state index >= 15 is 0 Å². The van der Waals surface area contributed by atoms with Crippen molar-refractivity contribution in [3.63, 3.8) is 0 Å². The monoisotopic (exact) mass is 418 g/mol. The standard InChI is InChI=1S/C24H19FN2O2S/c1-2-16-10-6-8-14-19(16)26-21-22(30-17-11-4-3-5-12-17)24(29)27(23(21)28)20-15-9-7-13-18(20)25/h3-15,26H,2H2,1H3. The fourth-order valence-electron chi connectivity index (χ4n) is 3.26. The van der Waals surface area contributed by atoms with Crippen LogP contribution >= 0.6 is 11.8 Å². The van der Waals surface area contributed by atoms with Gasteiger partial charge >= 0.3 is 0 Å². The van der Waals surface area contributed by atoms with Crippen LogP contribution in [0.25, 0.3) is 0 Å². The summed E-state index contributed by atoms with van der Waals surface area (Å²) in [6.45, 7) is 2.02. The highest BCUT2D eigenvalue weighted by atomic mass is 32.2. The highest BCUT2D eigenvalue weighted by molar-refractivity contribution is 8.04. The molecule has 0 aromatic heterocycles. The lowest BCUT2D eigenvalue weighted by Crippen LogP contribution is -2.33. The van der Waals surface area contributed by atoms with E-state index in [2.05, 4.69) is 5.32 Å². The molecule has 0 fully saturated rings. The molecule has 1 aliphatic heterocycles. The third-order valence-electron chi connectivity index (χ3n) is 4.76. The van der Waals surface area contributed by atoms with E-state index in [1.807, 2.05) is 61.5 Å². The number of thioether (sulfide) groups is 1. The maximum absolute atomic E-state index is 14.4. The van der Waals surface area contributed by atoms with Crippen molar-refractivity contribution in [2.75, 3.05) is 10.2 Å². The Balaban J connectivity index is 1.79. The van der Waals surface area contributed by atoms with E-state index in [1.165, 1.54) is 30.0 Å². The van der Waals surface area contributed by atoms with Crippen molar-refractivity contribution in [2.24, 2.45) is 0 Å². The predicted octanol–water partition coefficient (Wildman–Crippen LogP) is 5.38. The van der Waals surface area contributed by atoms with Crippen molar-refractivity contribution >= 4 is 35.0 Å². The second-order valence-corrected chi connectivity index (χ2v) is 7.74. The third kappa shape index (κ3) is 3.74. The largest absolute Gasteiger partial charge is 0.350 e. The molecule has 1 aliphatic rings. The second-order valence-electron chi connectivity index (χ2n) is 6.65. The molecule has 0 saturated heterocycles. The Morgan fingerprint density at radius 1 is 0.867 bits per heavy atom. The third-order valence-corrected chi connectivity index (χ3v) is 5.85. The molecule has 0 bridgehead atoms. The summed E-state index contributed by atoms with van der Waals surface area (Å²) < 4.78 is 14.4. The topological polar surface area (TPSA) is 49.4 Å². The highest BCUT2D eigenvalue weighted by Gasteiger charge is 2.41. The lowest BCUT2D eigenvalue weighted by atomic mass is 10.1. The summed E-state index contributed by atoms with van der Waals surface area (Å²) >= 11 is 1.19. The molecule has 30 heavy (non-hydrogen) atoms. The Morgan fingerprint density at radius 3 is 2.27 bits per heavy atom. The Bertz CT molecular complexity index is 1140. The lowest BCUT2D eigenvalue weighted by molar-refractivity contribution is -0.120. The van der Waals surface area contributed by atoms with Gasteiger partial charge < -0.3 is 5.32 Å². The first-order chi connectivity index (χ1) is 14.6. The van der Waals surface area contributed by atoms with Gasteiger partial charge in [0.15, 0.2) is 0 Å². The Labute approximate surface area is 178 Å². The molecule has 4 rings (SSSR count). The number of amides is 2. The first kappa shape index (κ1) is 19.9. The molecule has 0 radical (unpaired) electrons. The van der Waals surface area contributed by atoms with E-state index in [-0.39, 0.29) is 16.3 Å². The summed E-state index contributed by atoms with van der Waals surface area (Å²) in [6.07, 6.45) is 0.761. The Morgan fingerprint density at radius 2 is 1.53 bits per heavy atom. The summed E-state index contributed by atoms with van der Waals surface area (Å²) in [6, 6.07) is 22.7. The van der Waals surface area contributed by atoms with Crippen LogP contribution in [0.3, 0.4) is 0 Å². The zero-order chi connectivity index (χ0) is 21.1. The molecule has 0 unspecified atom stereocenters. The van der Waals surface area contributed by atoms with Crippen LogP contribution < -0.4 is 10.2 Å². The van der Waals surface area contributed by atoms with Gasteiger partial charge in [0, 0.05) is 10.6 Å². The maximum atomic E-state index is 14.4. The fraction of sp³-hybridized carbons (Fsp3) is 0.0833. The number of carbonyl (C=O) groups is 2. The van der Waals surface area contributed by atoms with Gasteiger partial charge in [-0.05, 0) is 42.3 Å². The maximum Gasteiger partial charge on any atom is 0.283 e. The number of hydrogen-bond acceptors (Lipinski definition) is 4. The van der Waals surface area contributed by atoms with Gasteiger partial charge in [-0.25, -0.2) is 9.29 Å². The first-order valence-electron chi connectivity index (χ1n) is 9.55. The number of nitrogens with zero attached hydrogens (tertiary/aromatic N) is 1. The number of halogens is 1. The minimum Gasteiger partial charge on any atom is -0.350 e. The molecule has 1 N–H and O–H groups in total. The SMILES string of the molecule is CCc1ccccc1NC1=C(Sc2ccccc2)C(=O)N(c2ccccc2F)C1=O. The molecule has 0 atom stereocenters. The summed E-state index contributed by atoms with van der Waals surface area (Å²) in [4.78, 5) is 28.5. The molecule has 0 spiro atoms. The van der Waals surface area contributed by atoms with E-state index < -0.39 is 17.6 Å². The van der Waals surface area contributed by atoms with Crippen LogP contribution in [0.5, 0.6) is 0 Å². The molecule has 4 nitrogen and oxygen atoms in total. The van der Waals surface area contributed by atoms with Crippen LogP contribution in [0.4, 0.5) is 15.8 Å². The summed E-state index contributed by atoms with van der Waals surface area (Å²) in [5.74, 6) is -1.75. The first-order valence-corrected chi connectivity index (χ1v) is 10.4. The number of aryl methyl sites for hydroxylation is 1. The van der Waals surface area contributed by atoms with Gasteiger partial charge in [-0.15, -0.1) is 0 Å². The minimum atomic E-state index is -0.626. The van der Waals surface area contributed by atoms with Gasteiger partial charge in [0.05, 0.1) is 5.69 Å². The molecular weight excluding hydrogens is 399 g/mol. The number of benzene rings is 3. The number of rotatable bonds is 6. The average Bonchev–Trinajstić information content (AvgIpc) is 2.99. The zero-order valence-corrected chi connectivity index (χ0v) is 17.1. The molecule has 150 valence electrons. The molecule has 3 aromatic carbocycles. The van der Waals surface area contributed by atoms with Crippen LogP contribution in [0.1, 0.15) is 12.5 Å². The molecule has 6 heteroatoms. The van der Waals surface area contributed by atoms with Gasteiger partial charge in [0.25, 0.3) is 11.8 Å². The average molecular weight is 418 g/mol. The van der Waals surface area contributed by atoms with Crippen molar-refractivity contribution in [1.82, 2.24) is 0 Å². The van der Waals surface area contributed by atoms with Crippen molar-refractivity contribution < 1.29 is 14.0 Å². The van der Waals surface area contributed by atoms with Crippen LogP contribution in [0.15, 0.2) is 94.4 Å². The van der Waals surface area contributed by atoms with Gasteiger partial charge in [-0.3, -0.25) is 9.59 Å². The van der Waals surface area contributed by atoms with Crippen LogP contribution in [0, 0.1) is 5.82 Å². The summed E-state index contributed by atoms with van der Waals surface area (Å²) in [7, 11) is 0. The summed E-state index contributed by atoms with van der Waals surface area (Å²) in [5.41, 5.74) is 1.86. The minimum absolute atomic E-state index is 0.0563. The number of nitrogens with one attached hydrogen (secondary N) is 1. The van der Waals surface area contributed by atoms with E-state index in [0.29, 0.717) is 0 Å². The fourth-order valence-corrected chi connectivity index (χ4v) is 4.21. The van der Waals surface area contributed by atoms with Gasteiger partial charge in [-0.1, -0.05) is 67.2 Å². The van der Waals surface area contributed by atoms with E-state index in [1.54, 1.807) is 6.07 Å². The van der Waals surface area contributed by atoms with E-state index in [9.17, 15) is 14.0 Å². The normalized spacial score (nSPS) is 13.9. The van der Waals surface area contributed by atoms with Crippen molar-refractivity contribution in [3.05, 3.63) is 101 Å². The van der Waals surface area contributed by atoms with Crippen LogP contribution in [-0.2, 0) is 16.0 Å². The molecule has 2 amide bonds. The van der Waals surface area contributed by atoms with E-state index in [0.717, 1.165) is 27.5 Å². The second kappa shape index (κ2) is 8.55. The van der Waals surface area contributed by atoms with Crippen LogP contribution in [-0.4, -0.2) is 11.8 Å². The van der Waals surface area contributed by atoms with Gasteiger partial charge in [0.1, 0.15) is 16.4 Å². The number of imide groups is 1. The number of carbonyl (C=O) groups excluding carboxylic acids is 2. The highest BCUT2D eigenvalue weighted by Crippen LogP contribution is 2.38. The molecule has 0 saturated carbocycles. The molecule has 3 aromatic rings.